The first kappa shape index (κ1) is 15.4. The van der Waals surface area contributed by atoms with E-state index < -0.39 is 6.03 Å². The number of amides is 2. The molecule has 0 heterocycles. The van der Waals surface area contributed by atoms with Crippen molar-refractivity contribution in [3.8, 4) is 0 Å². The lowest BCUT2D eigenvalue weighted by molar-refractivity contribution is 0.255. The Kier molecular flexibility index (Phi) is 5.20. The van der Waals surface area contributed by atoms with Gasteiger partial charge < -0.3 is 10.6 Å². The van der Waals surface area contributed by atoms with E-state index in [4.69, 9.17) is 23.2 Å². The molecule has 0 saturated heterocycles. The van der Waals surface area contributed by atoms with Crippen molar-refractivity contribution in [2.24, 2.45) is 0 Å². The van der Waals surface area contributed by atoms with Gasteiger partial charge in [-0.3, -0.25) is 0 Å². The van der Waals surface area contributed by atoms with E-state index in [1.807, 2.05) is 0 Å². The topological polar surface area (TPSA) is 41.1 Å². The summed E-state index contributed by atoms with van der Waals surface area (Å²) >= 11 is 11.9. The number of rotatable bonds is 3. The first-order chi connectivity index (χ1) is 10.1. The Balaban J connectivity index is 1.95. The minimum atomic E-state index is -0.483. The fourth-order valence-corrected chi connectivity index (χ4v) is 2.05. The minimum absolute atomic E-state index is 0.314. The van der Waals surface area contributed by atoms with E-state index in [1.54, 1.807) is 36.4 Å². The van der Waals surface area contributed by atoms with E-state index in [0.717, 1.165) is 5.56 Å². The van der Waals surface area contributed by atoms with Crippen molar-refractivity contribution in [2.75, 3.05) is 5.32 Å². The van der Waals surface area contributed by atoms with E-state index in [9.17, 15) is 9.18 Å². The molecule has 0 unspecified atom stereocenters. The van der Waals surface area contributed by atoms with Gasteiger partial charge in [0, 0.05) is 6.20 Å². The lowest BCUT2D eigenvalue weighted by Gasteiger charge is -2.08. The zero-order chi connectivity index (χ0) is 15.2. The van der Waals surface area contributed by atoms with Crippen LogP contribution in [0.1, 0.15) is 5.56 Å². The summed E-state index contributed by atoms with van der Waals surface area (Å²) in [6.07, 6.45) is 3.07. The second kappa shape index (κ2) is 7.11. The zero-order valence-corrected chi connectivity index (χ0v) is 12.3. The van der Waals surface area contributed by atoms with Crippen molar-refractivity contribution >= 4 is 41.0 Å². The van der Waals surface area contributed by atoms with Gasteiger partial charge in [0.1, 0.15) is 5.82 Å². The number of halogens is 3. The lowest BCUT2D eigenvalue weighted by Crippen LogP contribution is -2.24. The standard InChI is InChI=1S/C15H11Cl2FN2O/c16-12-2-1-3-13(17)14(12)20-15(21)19-9-8-10-4-6-11(18)7-5-10/h1-9H,(H2,19,20,21)/b9-8+. The molecule has 0 spiro atoms. The van der Waals surface area contributed by atoms with Crippen LogP contribution in [0, 0.1) is 5.82 Å². The molecule has 0 fully saturated rings. The van der Waals surface area contributed by atoms with Gasteiger partial charge >= 0.3 is 6.03 Å². The molecule has 0 aliphatic heterocycles. The quantitative estimate of drug-likeness (QED) is 0.826. The molecule has 2 rings (SSSR count). The van der Waals surface area contributed by atoms with Crippen LogP contribution in [0.25, 0.3) is 6.08 Å². The summed E-state index contributed by atoms with van der Waals surface area (Å²) in [5, 5.41) is 5.75. The van der Waals surface area contributed by atoms with E-state index in [0.29, 0.717) is 15.7 Å². The molecule has 2 aromatic carbocycles. The predicted molar refractivity (Wildman–Crippen MR) is 84.1 cm³/mol. The molecular formula is C15H11Cl2FN2O. The highest BCUT2D eigenvalue weighted by molar-refractivity contribution is 6.39. The molecule has 0 aliphatic carbocycles. The van der Waals surface area contributed by atoms with Crippen LogP contribution >= 0.6 is 23.2 Å². The van der Waals surface area contributed by atoms with Crippen LogP contribution in [-0.4, -0.2) is 6.03 Å². The molecule has 0 aliphatic rings. The largest absolute Gasteiger partial charge is 0.323 e. The number of anilines is 1. The predicted octanol–water partition coefficient (Wildman–Crippen LogP) is 4.92. The summed E-state index contributed by atoms with van der Waals surface area (Å²) in [4.78, 5) is 11.7. The van der Waals surface area contributed by atoms with Crippen LogP contribution in [0.15, 0.2) is 48.7 Å². The molecule has 0 bridgehead atoms. The van der Waals surface area contributed by atoms with Crippen molar-refractivity contribution < 1.29 is 9.18 Å². The van der Waals surface area contributed by atoms with Crippen LogP contribution in [0.4, 0.5) is 14.9 Å². The summed E-state index contributed by atoms with van der Waals surface area (Å²) in [6, 6.07) is 10.3. The Morgan fingerprint density at radius 1 is 1.05 bits per heavy atom. The smallest absolute Gasteiger partial charge is 0.314 e. The first-order valence-corrected chi connectivity index (χ1v) is 6.75. The Morgan fingerprint density at radius 3 is 2.29 bits per heavy atom. The number of benzene rings is 2. The molecule has 21 heavy (non-hydrogen) atoms. The molecule has 2 N–H and O–H groups in total. The van der Waals surface area contributed by atoms with Crippen molar-refractivity contribution in [3.63, 3.8) is 0 Å². The second-order valence-corrected chi connectivity index (χ2v) is 4.89. The van der Waals surface area contributed by atoms with Crippen molar-refractivity contribution in [1.29, 1.82) is 0 Å². The number of carbonyl (C=O) groups is 1. The number of hydrogen-bond acceptors (Lipinski definition) is 1. The van der Waals surface area contributed by atoms with E-state index in [2.05, 4.69) is 10.6 Å². The van der Waals surface area contributed by atoms with E-state index in [1.165, 1.54) is 18.3 Å². The van der Waals surface area contributed by atoms with Gasteiger partial charge in [-0.25, -0.2) is 9.18 Å². The van der Waals surface area contributed by atoms with Gasteiger partial charge in [-0.15, -0.1) is 0 Å². The van der Waals surface area contributed by atoms with Crippen LogP contribution in [0.3, 0.4) is 0 Å². The van der Waals surface area contributed by atoms with Gasteiger partial charge in [-0.2, -0.15) is 0 Å². The average Bonchev–Trinajstić information content (AvgIpc) is 2.45. The van der Waals surface area contributed by atoms with E-state index in [-0.39, 0.29) is 5.82 Å². The summed E-state index contributed by atoms with van der Waals surface area (Å²) in [5.41, 5.74) is 1.10. The highest BCUT2D eigenvalue weighted by Gasteiger charge is 2.07. The van der Waals surface area contributed by atoms with Gasteiger partial charge in [0.15, 0.2) is 0 Å². The number of para-hydroxylation sites is 1. The van der Waals surface area contributed by atoms with Crippen LogP contribution in [0.2, 0.25) is 10.0 Å². The minimum Gasteiger partial charge on any atom is -0.314 e. The third-order valence-corrected chi connectivity index (χ3v) is 3.19. The number of nitrogens with one attached hydrogen (secondary N) is 2. The number of carbonyl (C=O) groups excluding carboxylic acids is 1. The lowest BCUT2D eigenvalue weighted by atomic mass is 10.2. The highest BCUT2D eigenvalue weighted by atomic mass is 35.5. The van der Waals surface area contributed by atoms with Crippen molar-refractivity contribution in [2.45, 2.75) is 0 Å². The molecule has 0 saturated carbocycles. The maximum Gasteiger partial charge on any atom is 0.323 e. The molecule has 0 aromatic heterocycles. The molecular weight excluding hydrogens is 314 g/mol. The molecule has 108 valence electrons. The monoisotopic (exact) mass is 324 g/mol. The van der Waals surface area contributed by atoms with E-state index >= 15 is 0 Å². The highest BCUT2D eigenvalue weighted by Crippen LogP contribution is 2.29. The summed E-state index contributed by atoms with van der Waals surface area (Å²) in [5.74, 6) is -0.314. The van der Waals surface area contributed by atoms with Crippen LogP contribution < -0.4 is 10.6 Å². The number of urea groups is 1. The SMILES string of the molecule is O=C(N/C=C/c1ccc(F)cc1)Nc1c(Cl)cccc1Cl. The average molecular weight is 325 g/mol. The molecule has 3 nitrogen and oxygen atoms in total. The van der Waals surface area contributed by atoms with Gasteiger partial charge in [-0.05, 0) is 35.9 Å². The van der Waals surface area contributed by atoms with Gasteiger partial charge in [-0.1, -0.05) is 41.4 Å². The first-order valence-electron chi connectivity index (χ1n) is 6.00. The van der Waals surface area contributed by atoms with Crippen molar-refractivity contribution in [3.05, 3.63) is 70.1 Å². The fourth-order valence-electron chi connectivity index (χ4n) is 1.55. The molecule has 0 radical (unpaired) electrons. The Morgan fingerprint density at radius 2 is 1.67 bits per heavy atom. The molecule has 6 heteroatoms. The fraction of sp³-hybridized carbons (Fsp3) is 0. The summed E-state index contributed by atoms with van der Waals surface area (Å²) in [6.45, 7) is 0. The normalized spacial score (nSPS) is 10.6. The van der Waals surface area contributed by atoms with Crippen LogP contribution in [-0.2, 0) is 0 Å². The maximum absolute atomic E-state index is 12.7. The zero-order valence-electron chi connectivity index (χ0n) is 10.7. The van der Waals surface area contributed by atoms with Crippen molar-refractivity contribution in [1.82, 2.24) is 5.32 Å². The summed E-state index contributed by atoms with van der Waals surface area (Å²) < 4.78 is 12.7. The number of hydrogen-bond donors (Lipinski definition) is 2. The van der Waals surface area contributed by atoms with Crippen LogP contribution in [0.5, 0.6) is 0 Å². The third-order valence-electron chi connectivity index (χ3n) is 2.56. The Labute approximate surface area is 131 Å². The molecule has 2 amide bonds. The Bertz CT molecular complexity index is 652. The second-order valence-electron chi connectivity index (χ2n) is 4.08. The molecule has 2 aromatic rings. The van der Waals surface area contributed by atoms with Gasteiger partial charge in [0.05, 0.1) is 15.7 Å². The Hall–Kier alpha value is -2.04. The maximum atomic E-state index is 12.7. The summed E-state index contributed by atoms with van der Waals surface area (Å²) in [7, 11) is 0. The van der Waals surface area contributed by atoms with Gasteiger partial charge in [0.25, 0.3) is 0 Å². The van der Waals surface area contributed by atoms with Gasteiger partial charge in [0.2, 0.25) is 0 Å². The molecule has 0 atom stereocenters. The third kappa shape index (κ3) is 4.48.